The highest BCUT2D eigenvalue weighted by atomic mass is 35.5. The Morgan fingerprint density at radius 2 is 2.00 bits per heavy atom. The first kappa shape index (κ1) is 8.13. The molecule has 1 aromatic carbocycles. The Balaban J connectivity index is 2.66. The van der Waals surface area contributed by atoms with E-state index in [9.17, 15) is 4.79 Å². The van der Waals surface area contributed by atoms with Gasteiger partial charge in [-0.15, -0.1) is 0 Å². The van der Waals surface area contributed by atoms with Gasteiger partial charge in [0, 0.05) is 12.3 Å². The maximum absolute atomic E-state index is 11.2. The van der Waals surface area contributed by atoms with Gasteiger partial charge in [0.1, 0.15) is 0 Å². The van der Waals surface area contributed by atoms with Crippen molar-refractivity contribution in [3.05, 3.63) is 51.9 Å². The largest absolute Gasteiger partial charge is 0.298 e. The quantitative estimate of drug-likeness (QED) is 0.739. The van der Waals surface area contributed by atoms with Crippen molar-refractivity contribution in [3.63, 3.8) is 0 Å². The van der Waals surface area contributed by atoms with Gasteiger partial charge in [-0.2, -0.15) is 0 Å². The summed E-state index contributed by atoms with van der Waals surface area (Å²) in [5.74, 6) is 0. The van der Waals surface area contributed by atoms with Crippen LogP contribution in [0, 0.1) is 0 Å². The van der Waals surface area contributed by atoms with E-state index in [1.54, 1.807) is 18.3 Å². The van der Waals surface area contributed by atoms with Gasteiger partial charge in [-0.25, -0.2) is 4.68 Å². The van der Waals surface area contributed by atoms with Crippen LogP contribution in [-0.2, 0) is 0 Å². The zero-order valence-electron chi connectivity index (χ0n) is 6.70. The minimum absolute atomic E-state index is 0.117. The molecule has 4 heteroatoms. The van der Waals surface area contributed by atoms with Gasteiger partial charge in [0.15, 0.2) is 0 Å². The Kier molecular flexibility index (Phi) is 1.94. The fourth-order valence-corrected chi connectivity index (χ4v) is 1.36. The molecule has 0 unspecified atom stereocenters. The molecule has 2 aromatic rings. The topological polar surface area (TPSA) is 37.8 Å². The number of benzene rings is 1. The van der Waals surface area contributed by atoms with E-state index in [0.717, 1.165) is 0 Å². The van der Waals surface area contributed by atoms with E-state index in [4.69, 9.17) is 11.6 Å². The monoisotopic (exact) mass is 194 g/mol. The number of nitrogens with one attached hydrogen (secondary N) is 1. The standard InChI is InChI=1S/C9H7ClN2O/c10-7-3-1-2-4-8(7)12-9(13)5-6-11-12/h1-6,11H. The molecule has 66 valence electrons. The summed E-state index contributed by atoms with van der Waals surface area (Å²) in [5.41, 5.74) is 0.548. The molecule has 0 radical (unpaired) electrons. The van der Waals surface area contributed by atoms with E-state index in [2.05, 4.69) is 5.10 Å². The molecule has 0 bridgehead atoms. The molecule has 2 rings (SSSR count). The number of H-pyrrole nitrogens is 1. The Morgan fingerprint density at radius 1 is 1.23 bits per heavy atom. The van der Waals surface area contributed by atoms with Gasteiger partial charge in [0.25, 0.3) is 5.56 Å². The summed E-state index contributed by atoms with van der Waals surface area (Å²) < 4.78 is 1.39. The predicted molar refractivity (Wildman–Crippen MR) is 51.4 cm³/mol. The van der Waals surface area contributed by atoms with E-state index in [0.29, 0.717) is 10.7 Å². The zero-order valence-corrected chi connectivity index (χ0v) is 7.45. The maximum Gasteiger partial charge on any atom is 0.271 e. The highest BCUT2D eigenvalue weighted by molar-refractivity contribution is 6.32. The van der Waals surface area contributed by atoms with Crippen LogP contribution in [0.25, 0.3) is 5.69 Å². The summed E-state index contributed by atoms with van der Waals surface area (Å²) in [6.07, 6.45) is 1.58. The number of aromatic amines is 1. The van der Waals surface area contributed by atoms with Gasteiger partial charge in [-0.3, -0.25) is 9.89 Å². The van der Waals surface area contributed by atoms with Crippen LogP contribution in [0.3, 0.4) is 0 Å². The normalized spacial score (nSPS) is 10.2. The molecule has 0 amide bonds. The summed E-state index contributed by atoms with van der Waals surface area (Å²) in [7, 11) is 0. The second kappa shape index (κ2) is 3.11. The lowest BCUT2D eigenvalue weighted by molar-refractivity contribution is 0.849. The third-order valence-electron chi connectivity index (χ3n) is 1.74. The number of halogens is 1. The summed E-state index contributed by atoms with van der Waals surface area (Å²) in [6.45, 7) is 0. The first-order valence-corrected chi connectivity index (χ1v) is 4.18. The minimum Gasteiger partial charge on any atom is -0.298 e. The van der Waals surface area contributed by atoms with Gasteiger partial charge in [-0.05, 0) is 12.1 Å². The van der Waals surface area contributed by atoms with Crippen LogP contribution in [-0.4, -0.2) is 9.78 Å². The van der Waals surface area contributed by atoms with Crippen molar-refractivity contribution >= 4 is 11.6 Å². The van der Waals surface area contributed by atoms with Crippen LogP contribution in [0.2, 0.25) is 5.02 Å². The predicted octanol–water partition coefficient (Wildman–Crippen LogP) is 1.82. The molecule has 0 spiro atoms. The van der Waals surface area contributed by atoms with Crippen molar-refractivity contribution in [3.8, 4) is 5.69 Å². The maximum atomic E-state index is 11.2. The van der Waals surface area contributed by atoms with E-state index in [1.165, 1.54) is 10.7 Å². The molecule has 0 aliphatic heterocycles. The lowest BCUT2D eigenvalue weighted by Gasteiger charge is -2.02. The molecular weight excluding hydrogens is 188 g/mol. The van der Waals surface area contributed by atoms with Crippen LogP contribution in [0.5, 0.6) is 0 Å². The molecule has 0 fully saturated rings. The van der Waals surface area contributed by atoms with Gasteiger partial charge in [0.05, 0.1) is 10.7 Å². The minimum atomic E-state index is -0.117. The van der Waals surface area contributed by atoms with Crippen molar-refractivity contribution in [2.45, 2.75) is 0 Å². The van der Waals surface area contributed by atoms with E-state index >= 15 is 0 Å². The third-order valence-corrected chi connectivity index (χ3v) is 2.06. The highest BCUT2D eigenvalue weighted by Crippen LogP contribution is 2.16. The second-order valence-electron chi connectivity index (χ2n) is 2.59. The Hall–Kier alpha value is -1.48. The number of hydrogen-bond acceptors (Lipinski definition) is 1. The number of para-hydroxylation sites is 1. The van der Waals surface area contributed by atoms with Crippen molar-refractivity contribution in [2.24, 2.45) is 0 Å². The average molecular weight is 195 g/mol. The molecule has 3 nitrogen and oxygen atoms in total. The van der Waals surface area contributed by atoms with Crippen LogP contribution in [0.4, 0.5) is 0 Å². The van der Waals surface area contributed by atoms with Crippen molar-refractivity contribution in [2.75, 3.05) is 0 Å². The molecule has 0 aliphatic carbocycles. The summed E-state index contributed by atoms with van der Waals surface area (Å²) in [4.78, 5) is 11.2. The highest BCUT2D eigenvalue weighted by Gasteiger charge is 2.02. The van der Waals surface area contributed by atoms with Gasteiger partial charge < -0.3 is 0 Å². The van der Waals surface area contributed by atoms with Crippen LogP contribution < -0.4 is 5.56 Å². The summed E-state index contributed by atoms with van der Waals surface area (Å²) >= 11 is 5.91. The Morgan fingerprint density at radius 3 is 2.62 bits per heavy atom. The van der Waals surface area contributed by atoms with Gasteiger partial charge in [-0.1, -0.05) is 23.7 Å². The fraction of sp³-hybridized carbons (Fsp3) is 0. The fourth-order valence-electron chi connectivity index (χ4n) is 1.14. The molecule has 1 aromatic heterocycles. The van der Waals surface area contributed by atoms with Crippen molar-refractivity contribution < 1.29 is 0 Å². The molecule has 0 atom stereocenters. The Bertz CT molecular complexity index is 472. The molecule has 1 heterocycles. The molecule has 1 N–H and O–H groups in total. The SMILES string of the molecule is O=c1cc[nH]n1-c1ccccc1Cl. The van der Waals surface area contributed by atoms with Crippen LogP contribution in [0.15, 0.2) is 41.3 Å². The number of aromatic nitrogens is 2. The summed E-state index contributed by atoms with van der Waals surface area (Å²) in [6, 6.07) is 8.61. The lowest BCUT2D eigenvalue weighted by atomic mass is 10.3. The number of nitrogens with zero attached hydrogens (tertiary/aromatic N) is 1. The molecule has 13 heavy (non-hydrogen) atoms. The van der Waals surface area contributed by atoms with Crippen molar-refractivity contribution in [1.82, 2.24) is 9.78 Å². The van der Waals surface area contributed by atoms with E-state index in [-0.39, 0.29) is 5.56 Å². The van der Waals surface area contributed by atoms with Crippen LogP contribution >= 0.6 is 11.6 Å². The van der Waals surface area contributed by atoms with E-state index < -0.39 is 0 Å². The number of rotatable bonds is 1. The summed E-state index contributed by atoms with van der Waals surface area (Å²) in [5, 5.41) is 3.33. The molecular formula is C9H7ClN2O. The smallest absolute Gasteiger partial charge is 0.271 e. The van der Waals surface area contributed by atoms with Crippen LogP contribution in [0.1, 0.15) is 0 Å². The van der Waals surface area contributed by atoms with E-state index in [1.807, 2.05) is 12.1 Å². The second-order valence-corrected chi connectivity index (χ2v) is 2.99. The molecule has 0 aliphatic rings. The van der Waals surface area contributed by atoms with Gasteiger partial charge >= 0.3 is 0 Å². The van der Waals surface area contributed by atoms with Crippen molar-refractivity contribution in [1.29, 1.82) is 0 Å². The Labute approximate surface area is 79.6 Å². The van der Waals surface area contributed by atoms with Gasteiger partial charge in [0.2, 0.25) is 0 Å². The lowest BCUT2D eigenvalue weighted by Crippen LogP contribution is -2.13. The first-order valence-electron chi connectivity index (χ1n) is 3.80. The number of hydrogen-bond donors (Lipinski definition) is 1. The average Bonchev–Trinajstić information content (AvgIpc) is 2.52. The molecule has 0 saturated heterocycles. The molecule has 0 saturated carbocycles. The first-order chi connectivity index (χ1) is 6.29. The third kappa shape index (κ3) is 1.38. The zero-order chi connectivity index (χ0) is 9.26.